The van der Waals surface area contributed by atoms with Crippen LogP contribution in [-0.2, 0) is 16.2 Å². The second-order valence-electron chi connectivity index (χ2n) is 8.99. The summed E-state index contributed by atoms with van der Waals surface area (Å²) < 4.78 is 12.4. The molecule has 37 heavy (non-hydrogen) atoms. The van der Waals surface area contributed by atoms with Crippen molar-refractivity contribution in [3.05, 3.63) is 99.5 Å². The highest BCUT2D eigenvalue weighted by Crippen LogP contribution is 2.42. The Labute approximate surface area is 225 Å². The number of ether oxygens (including phenoxy) is 2. The van der Waals surface area contributed by atoms with Gasteiger partial charge in [0.25, 0.3) is 11.7 Å². The van der Waals surface area contributed by atoms with Crippen LogP contribution in [0.25, 0.3) is 5.76 Å². The minimum absolute atomic E-state index is 0.0473. The number of carbonyl (C=O) groups excluding carboxylic acids is 2. The van der Waals surface area contributed by atoms with Crippen LogP contribution in [0.1, 0.15) is 22.7 Å². The summed E-state index contributed by atoms with van der Waals surface area (Å²) in [6.45, 7) is 1.23. The largest absolute Gasteiger partial charge is 0.507 e. The van der Waals surface area contributed by atoms with Crippen molar-refractivity contribution in [3.63, 3.8) is 0 Å². The summed E-state index contributed by atoms with van der Waals surface area (Å²) in [6, 6.07) is 21.3. The summed E-state index contributed by atoms with van der Waals surface area (Å²) in [4.78, 5) is 29.8. The van der Waals surface area contributed by atoms with Gasteiger partial charge in [-0.15, -0.1) is 0 Å². The molecule has 0 saturated carbocycles. The number of amides is 1. The number of hydrogen-bond donors (Lipinski definition) is 1. The Balaban J connectivity index is 1.75. The summed E-state index contributed by atoms with van der Waals surface area (Å²) in [5.41, 5.74) is 2.15. The first-order chi connectivity index (χ1) is 17.8. The fourth-order valence-corrected chi connectivity index (χ4v) is 4.50. The molecule has 0 aromatic heterocycles. The first kappa shape index (κ1) is 26.4. The van der Waals surface area contributed by atoms with Gasteiger partial charge in [-0.3, -0.25) is 9.59 Å². The zero-order valence-electron chi connectivity index (χ0n) is 21.0. The van der Waals surface area contributed by atoms with Gasteiger partial charge in [-0.1, -0.05) is 64.5 Å². The second kappa shape index (κ2) is 11.6. The second-order valence-corrected chi connectivity index (χ2v) is 9.90. The third-order valence-corrected chi connectivity index (χ3v) is 6.71. The molecule has 3 aromatic carbocycles. The topological polar surface area (TPSA) is 79.3 Å². The molecule has 1 fully saturated rings. The van der Waals surface area contributed by atoms with Crippen molar-refractivity contribution in [2.24, 2.45) is 0 Å². The smallest absolute Gasteiger partial charge is 0.295 e. The van der Waals surface area contributed by atoms with Crippen LogP contribution in [0.3, 0.4) is 0 Å². The number of halogens is 1. The van der Waals surface area contributed by atoms with Crippen molar-refractivity contribution >= 4 is 33.4 Å². The molecule has 3 aromatic rings. The number of likely N-dealkylation sites (N-methyl/N-ethyl adjacent to an activating group) is 1. The Morgan fingerprint density at radius 3 is 2.35 bits per heavy atom. The number of rotatable bonds is 9. The summed E-state index contributed by atoms with van der Waals surface area (Å²) in [5, 5.41) is 11.2. The Morgan fingerprint density at radius 1 is 1.00 bits per heavy atom. The number of carbonyl (C=O) groups is 2. The molecule has 1 unspecified atom stereocenters. The van der Waals surface area contributed by atoms with Gasteiger partial charge in [0.1, 0.15) is 12.4 Å². The van der Waals surface area contributed by atoms with Gasteiger partial charge < -0.3 is 24.4 Å². The lowest BCUT2D eigenvalue weighted by Crippen LogP contribution is -2.35. The number of Topliss-reactive ketones (excluding diaryl/α,β-unsaturated/α-hetero) is 1. The zero-order chi connectivity index (χ0) is 26.5. The van der Waals surface area contributed by atoms with Crippen molar-refractivity contribution in [1.82, 2.24) is 9.80 Å². The molecular weight excluding hydrogens is 536 g/mol. The third kappa shape index (κ3) is 5.87. The molecule has 0 radical (unpaired) electrons. The molecule has 1 N–H and O–H groups in total. The van der Waals surface area contributed by atoms with E-state index in [9.17, 15) is 14.7 Å². The monoisotopic (exact) mass is 564 g/mol. The van der Waals surface area contributed by atoms with E-state index in [0.717, 1.165) is 10.0 Å². The van der Waals surface area contributed by atoms with Crippen LogP contribution in [0.5, 0.6) is 11.5 Å². The quantitative estimate of drug-likeness (QED) is 0.223. The normalized spacial score (nSPS) is 16.9. The van der Waals surface area contributed by atoms with E-state index < -0.39 is 17.7 Å². The lowest BCUT2D eigenvalue weighted by atomic mass is 9.95. The van der Waals surface area contributed by atoms with Crippen LogP contribution in [0.2, 0.25) is 0 Å². The van der Waals surface area contributed by atoms with Crippen molar-refractivity contribution in [2.45, 2.75) is 12.6 Å². The Morgan fingerprint density at radius 2 is 1.70 bits per heavy atom. The highest BCUT2D eigenvalue weighted by molar-refractivity contribution is 9.10. The standard InChI is InChI=1S/C29H29BrN2O5/c1-31(2)15-16-32-26(25(28(34)29(32)35)27(33)20-9-12-22(30)13-10-20)21-11-14-23(24(17-21)36-3)37-18-19-7-5-4-6-8-19/h4-14,17,26,33H,15-16,18H2,1-3H3/b27-25+. The molecule has 7 nitrogen and oxygen atoms in total. The van der Waals surface area contributed by atoms with E-state index in [2.05, 4.69) is 15.9 Å². The van der Waals surface area contributed by atoms with Gasteiger partial charge >= 0.3 is 0 Å². The molecule has 4 rings (SSSR count). The van der Waals surface area contributed by atoms with E-state index in [1.165, 1.54) is 4.90 Å². The van der Waals surface area contributed by atoms with Crippen LogP contribution in [0, 0.1) is 0 Å². The molecule has 0 bridgehead atoms. The lowest BCUT2D eigenvalue weighted by molar-refractivity contribution is -0.140. The highest BCUT2D eigenvalue weighted by Gasteiger charge is 2.46. The Kier molecular flexibility index (Phi) is 8.31. The van der Waals surface area contributed by atoms with Crippen LogP contribution >= 0.6 is 15.9 Å². The predicted octanol–water partition coefficient (Wildman–Crippen LogP) is 5.02. The van der Waals surface area contributed by atoms with Gasteiger partial charge in [-0.25, -0.2) is 0 Å². The first-order valence-electron chi connectivity index (χ1n) is 11.8. The van der Waals surface area contributed by atoms with E-state index in [1.807, 2.05) is 49.3 Å². The summed E-state index contributed by atoms with van der Waals surface area (Å²) >= 11 is 3.38. The van der Waals surface area contributed by atoms with E-state index in [-0.39, 0.29) is 11.3 Å². The van der Waals surface area contributed by atoms with Gasteiger partial charge in [0.05, 0.1) is 18.7 Å². The van der Waals surface area contributed by atoms with E-state index in [1.54, 1.807) is 49.6 Å². The average Bonchev–Trinajstić information content (AvgIpc) is 3.16. The van der Waals surface area contributed by atoms with Crippen molar-refractivity contribution in [2.75, 3.05) is 34.3 Å². The maximum Gasteiger partial charge on any atom is 0.295 e. The Bertz CT molecular complexity index is 1310. The number of ketones is 1. The SMILES string of the molecule is COc1cc(C2/C(=C(\O)c3ccc(Br)cc3)C(=O)C(=O)N2CCN(C)C)ccc1OCc1ccccc1. The molecular formula is C29H29BrN2O5. The lowest BCUT2D eigenvalue weighted by Gasteiger charge is -2.27. The molecule has 0 spiro atoms. The van der Waals surface area contributed by atoms with E-state index >= 15 is 0 Å². The van der Waals surface area contributed by atoms with Gasteiger partial charge in [0, 0.05) is 23.1 Å². The average molecular weight is 565 g/mol. The van der Waals surface area contributed by atoms with E-state index in [4.69, 9.17) is 9.47 Å². The van der Waals surface area contributed by atoms with Gasteiger partial charge in [-0.2, -0.15) is 0 Å². The number of hydrogen-bond acceptors (Lipinski definition) is 6. The number of benzene rings is 3. The zero-order valence-corrected chi connectivity index (χ0v) is 22.6. The van der Waals surface area contributed by atoms with Gasteiger partial charge in [0.2, 0.25) is 0 Å². The first-order valence-corrected chi connectivity index (χ1v) is 12.6. The number of methoxy groups -OCH3 is 1. The molecule has 1 aliphatic rings. The molecule has 1 aliphatic heterocycles. The number of nitrogens with zero attached hydrogens (tertiary/aromatic N) is 2. The van der Waals surface area contributed by atoms with Crippen LogP contribution < -0.4 is 9.47 Å². The molecule has 192 valence electrons. The molecule has 0 aliphatic carbocycles. The molecule has 8 heteroatoms. The van der Waals surface area contributed by atoms with Gasteiger partial charge in [0.15, 0.2) is 11.5 Å². The maximum atomic E-state index is 13.2. The number of likely N-dealkylation sites (tertiary alicyclic amines) is 1. The summed E-state index contributed by atoms with van der Waals surface area (Å²) in [6.07, 6.45) is 0. The number of aliphatic hydroxyl groups is 1. The highest BCUT2D eigenvalue weighted by atomic mass is 79.9. The van der Waals surface area contributed by atoms with Crippen LogP contribution in [0.4, 0.5) is 0 Å². The minimum Gasteiger partial charge on any atom is -0.507 e. The van der Waals surface area contributed by atoms with E-state index in [0.29, 0.717) is 42.3 Å². The third-order valence-electron chi connectivity index (χ3n) is 6.19. The fourth-order valence-electron chi connectivity index (χ4n) is 4.24. The van der Waals surface area contributed by atoms with Crippen LogP contribution in [0.15, 0.2) is 82.8 Å². The predicted molar refractivity (Wildman–Crippen MR) is 145 cm³/mol. The summed E-state index contributed by atoms with van der Waals surface area (Å²) in [5.74, 6) is -0.573. The molecule has 1 heterocycles. The fraction of sp³-hybridized carbons (Fsp3) is 0.241. The molecule has 1 saturated heterocycles. The van der Waals surface area contributed by atoms with Crippen molar-refractivity contribution in [3.8, 4) is 11.5 Å². The van der Waals surface area contributed by atoms with Gasteiger partial charge in [-0.05, 0) is 49.5 Å². The number of aliphatic hydroxyl groups excluding tert-OH is 1. The van der Waals surface area contributed by atoms with Crippen LogP contribution in [-0.4, -0.2) is 60.9 Å². The Hall–Kier alpha value is -3.62. The minimum atomic E-state index is -0.777. The molecule has 1 amide bonds. The van der Waals surface area contributed by atoms with Crippen molar-refractivity contribution in [1.29, 1.82) is 0 Å². The maximum absolute atomic E-state index is 13.2. The summed E-state index contributed by atoms with van der Waals surface area (Å²) in [7, 11) is 5.34. The molecule has 1 atom stereocenters. The van der Waals surface area contributed by atoms with Crippen molar-refractivity contribution < 1.29 is 24.2 Å².